The van der Waals surface area contributed by atoms with Gasteiger partial charge in [0.05, 0.1) is 18.9 Å². The molecular formula is C11H14BrNO3. The first-order valence-electron chi connectivity index (χ1n) is 4.80. The molecule has 0 aliphatic rings. The normalized spacial score (nSPS) is 10.3. The average Bonchev–Trinajstić information content (AvgIpc) is 2.16. The van der Waals surface area contributed by atoms with E-state index in [-0.39, 0.29) is 11.8 Å². The van der Waals surface area contributed by atoms with Crippen LogP contribution in [0.3, 0.4) is 0 Å². The summed E-state index contributed by atoms with van der Waals surface area (Å²) < 4.78 is 10.7. The van der Waals surface area contributed by atoms with Gasteiger partial charge in [-0.1, -0.05) is 0 Å². The van der Waals surface area contributed by atoms with Gasteiger partial charge in [0.25, 0.3) is 0 Å². The van der Waals surface area contributed by atoms with Crippen molar-refractivity contribution >= 4 is 27.6 Å². The predicted octanol–water partition coefficient (Wildman–Crippen LogP) is 2.61. The van der Waals surface area contributed by atoms with Crippen molar-refractivity contribution in [3.63, 3.8) is 0 Å². The molecule has 0 aliphatic carbocycles. The molecule has 0 spiro atoms. The zero-order valence-corrected chi connectivity index (χ0v) is 11.0. The maximum atomic E-state index is 11.8. The topological polar surface area (TPSA) is 61.5 Å². The van der Waals surface area contributed by atoms with Gasteiger partial charge in [0.1, 0.15) is 11.3 Å². The molecule has 0 saturated heterocycles. The predicted molar refractivity (Wildman–Crippen MR) is 65.7 cm³/mol. The first-order valence-corrected chi connectivity index (χ1v) is 5.59. The SMILES string of the molecule is COc1ccc(Br)c(C(=O)OC(C)C)c1N. The van der Waals surface area contributed by atoms with Crippen LogP contribution in [0.1, 0.15) is 24.2 Å². The van der Waals surface area contributed by atoms with Crippen LogP contribution in [0.25, 0.3) is 0 Å². The molecule has 0 saturated carbocycles. The number of halogens is 1. The van der Waals surface area contributed by atoms with Crippen molar-refractivity contribution in [2.75, 3.05) is 12.8 Å². The molecule has 0 aromatic heterocycles. The van der Waals surface area contributed by atoms with Gasteiger partial charge in [0, 0.05) is 4.47 Å². The van der Waals surface area contributed by atoms with Crippen molar-refractivity contribution in [2.45, 2.75) is 20.0 Å². The number of esters is 1. The molecule has 1 aromatic rings. The third kappa shape index (κ3) is 2.66. The first-order chi connectivity index (χ1) is 7.47. The second-order valence-corrected chi connectivity index (χ2v) is 4.35. The van der Waals surface area contributed by atoms with Crippen LogP contribution in [-0.4, -0.2) is 19.2 Å². The number of hydrogen-bond acceptors (Lipinski definition) is 4. The van der Waals surface area contributed by atoms with E-state index in [4.69, 9.17) is 15.2 Å². The maximum Gasteiger partial charge on any atom is 0.341 e. The van der Waals surface area contributed by atoms with E-state index < -0.39 is 5.97 Å². The van der Waals surface area contributed by atoms with Gasteiger partial charge in [-0.2, -0.15) is 0 Å². The summed E-state index contributed by atoms with van der Waals surface area (Å²) >= 11 is 3.26. The Morgan fingerprint density at radius 3 is 2.56 bits per heavy atom. The highest BCUT2D eigenvalue weighted by Gasteiger charge is 2.19. The van der Waals surface area contributed by atoms with Crippen molar-refractivity contribution in [3.8, 4) is 5.75 Å². The van der Waals surface area contributed by atoms with Crippen LogP contribution >= 0.6 is 15.9 Å². The van der Waals surface area contributed by atoms with Gasteiger partial charge in [-0.15, -0.1) is 0 Å². The van der Waals surface area contributed by atoms with E-state index in [0.717, 1.165) is 0 Å². The fraction of sp³-hybridized carbons (Fsp3) is 0.364. The minimum absolute atomic E-state index is 0.190. The molecule has 88 valence electrons. The van der Waals surface area contributed by atoms with E-state index in [0.29, 0.717) is 15.8 Å². The zero-order valence-electron chi connectivity index (χ0n) is 9.41. The fourth-order valence-electron chi connectivity index (χ4n) is 1.23. The molecule has 16 heavy (non-hydrogen) atoms. The molecule has 0 fully saturated rings. The summed E-state index contributed by atoms with van der Waals surface area (Å²) in [7, 11) is 1.50. The number of carbonyl (C=O) groups excluding carboxylic acids is 1. The Labute approximate surface area is 103 Å². The van der Waals surface area contributed by atoms with E-state index in [1.165, 1.54) is 7.11 Å². The van der Waals surface area contributed by atoms with Crippen LogP contribution in [0, 0.1) is 0 Å². The molecule has 0 heterocycles. The summed E-state index contributed by atoms with van der Waals surface area (Å²) in [5.74, 6) is -0.00261. The lowest BCUT2D eigenvalue weighted by Crippen LogP contribution is -2.14. The van der Waals surface area contributed by atoms with Crippen molar-refractivity contribution in [2.24, 2.45) is 0 Å². The van der Waals surface area contributed by atoms with E-state index in [2.05, 4.69) is 15.9 Å². The molecular weight excluding hydrogens is 274 g/mol. The van der Waals surface area contributed by atoms with Gasteiger partial charge < -0.3 is 15.2 Å². The van der Waals surface area contributed by atoms with Crippen LogP contribution in [0.4, 0.5) is 5.69 Å². The smallest absolute Gasteiger partial charge is 0.341 e. The van der Waals surface area contributed by atoms with Crippen molar-refractivity contribution < 1.29 is 14.3 Å². The number of carbonyl (C=O) groups is 1. The minimum atomic E-state index is -0.460. The summed E-state index contributed by atoms with van der Waals surface area (Å²) in [5.41, 5.74) is 6.39. The Hall–Kier alpha value is -1.23. The van der Waals surface area contributed by atoms with Crippen molar-refractivity contribution in [1.29, 1.82) is 0 Å². The monoisotopic (exact) mass is 287 g/mol. The molecule has 0 bridgehead atoms. The van der Waals surface area contributed by atoms with Crippen molar-refractivity contribution in [3.05, 3.63) is 22.2 Å². The van der Waals surface area contributed by atoms with Crippen LogP contribution in [0.2, 0.25) is 0 Å². The Morgan fingerprint density at radius 2 is 2.06 bits per heavy atom. The van der Waals surface area contributed by atoms with Gasteiger partial charge in [-0.3, -0.25) is 0 Å². The quantitative estimate of drug-likeness (QED) is 0.686. The molecule has 1 aromatic carbocycles. The van der Waals surface area contributed by atoms with Crippen LogP contribution in [-0.2, 0) is 4.74 Å². The van der Waals surface area contributed by atoms with Gasteiger partial charge in [-0.25, -0.2) is 4.79 Å². The standard InChI is InChI=1S/C11H14BrNO3/c1-6(2)16-11(14)9-7(12)4-5-8(15-3)10(9)13/h4-6H,13H2,1-3H3. The zero-order chi connectivity index (χ0) is 12.3. The molecule has 0 radical (unpaired) electrons. The number of anilines is 1. The molecule has 0 unspecified atom stereocenters. The van der Waals surface area contributed by atoms with Crippen LogP contribution < -0.4 is 10.5 Å². The fourth-order valence-corrected chi connectivity index (χ4v) is 1.74. The molecule has 0 aliphatic heterocycles. The second-order valence-electron chi connectivity index (χ2n) is 3.49. The number of nitrogen functional groups attached to an aromatic ring is 1. The Kier molecular flexibility index (Phi) is 4.18. The summed E-state index contributed by atoms with van der Waals surface area (Å²) in [6.45, 7) is 3.56. The molecule has 0 amide bonds. The Morgan fingerprint density at radius 1 is 1.44 bits per heavy atom. The molecule has 5 heteroatoms. The molecule has 1 rings (SSSR count). The average molecular weight is 288 g/mol. The molecule has 4 nitrogen and oxygen atoms in total. The number of rotatable bonds is 3. The number of hydrogen-bond donors (Lipinski definition) is 1. The lowest BCUT2D eigenvalue weighted by Gasteiger charge is -2.13. The van der Waals surface area contributed by atoms with Gasteiger partial charge >= 0.3 is 5.97 Å². The highest BCUT2D eigenvalue weighted by molar-refractivity contribution is 9.10. The largest absolute Gasteiger partial charge is 0.495 e. The Bertz CT molecular complexity index is 404. The number of methoxy groups -OCH3 is 1. The van der Waals surface area contributed by atoms with Gasteiger partial charge in [-0.05, 0) is 41.9 Å². The third-order valence-corrected chi connectivity index (χ3v) is 2.58. The molecule has 0 atom stereocenters. The summed E-state index contributed by atoms with van der Waals surface area (Å²) in [5, 5.41) is 0. The summed E-state index contributed by atoms with van der Waals surface area (Å²) in [6.07, 6.45) is -0.190. The van der Waals surface area contributed by atoms with Crippen LogP contribution in [0.5, 0.6) is 5.75 Å². The number of nitrogens with two attached hydrogens (primary N) is 1. The maximum absolute atomic E-state index is 11.8. The second kappa shape index (κ2) is 5.21. The van der Waals surface area contributed by atoms with E-state index in [1.807, 2.05) is 0 Å². The lowest BCUT2D eigenvalue weighted by molar-refractivity contribution is 0.0378. The summed E-state index contributed by atoms with van der Waals surface area (Å²) in [4.78, 5) is 11.8. The van der Waals surface area contributed by atoms with Gasteiger partial charge in [0.2, 0.25) is 0 Å². The number of ether oxygens (including phenoxy) is 2. The van der Waals surface area contributed by atoms with Crippen molar-refractivity contribution in [1.82, 2.24) is 0 Å². The van der Waals surface area contributed by atoms with E-state index in [9.17, 15) is 4.79 Å². The highest BCUT2D eigenvalue weighted by atomic mass is 79.9. The van der Waals surface area contributed by atoms with E-state index >= 15 is 0 Å². The first kappa shape index (κ1) is 12.8. The highest BCUT2D eigenvalue weighted by Crippen LogP contribution is 2.32. The molecule has 2 N–H and O–H groups in total. The van der Waals surface area contributed by atoms with Gasteiger partial charge in [0.15, 0.2) is 0 Å². The van der Waals surface area contributed by atoms with Crippen LogP contribution in [0.15, 0.2) is 16.6 Å². The number of benzene rings is 1. The Balaban J connectivity index is 3.16. The van der Waals surface area contributed by atoms with E-state index in [1.54, 1.807) is 26.0 Å². The third-order valence-electron chi connectivity index (χ3n) is 1.92. The lowest BCUT2D eigenvalue weighted by atomic mass is 10.1. The minimum Gasteiger partial charge on any atom is -0.495 e. The summed E-state index contributed by atoms with van der Waals surface area (Å²) in [6, 6.07) is 3.39.